The molecule has 12 heteroatoms. The van der Waals surface area contributed by atoms with Gasteiger partial charge in [0.25, 0.3) is 5.69 Å². The van der Waals surface area contributed by atoms with Crippen LogP contribution in [-0.2, 0) is 22.2 Å². The van der Waals surface area contributed by atoms with Gasteiger partial charge in [-0.1, -0.05) is 72.4 Å². The summed E-state index contributed by atoms with van der Waals surface area (Å²) in [5.74, 6) is 1.47. The van der Waals surface area contributed by atoms with Crippen molar-refractivity contribution >= 4 is 27.5 Å². The van der Waals surface area contributed by atoms with Crippen molar-refractivity contribution in [2.24, 2.45) is 0 Å². The Kier molecular flexibility index (Phi) is 8.96. The minimum absolute atomic E-state index is 0.0621. The molecule has 214 valence electrons. The molecule has 0 bridgehead atoms. The average molecular weight is 602 g/mol. The minimum Gasteiger partial charge on any atom is -0.497 e. The van der Waals surface area contributed by atoms with Crippen molar-refractivity contribution in [1.82, 2.24) is 19.5 Å². The van der Waals surface area contributed by atoms with Gasteiger partial charge in [-0.2, -0.15) is 0 Å². The maximum atomic E-state index is 13.6. The Hall–Kier alpha value is -4.52. The number of nitro benzene ring substituents is 1. The van der Waals surface area contributed by atoms with Crippen LogP contribution < -0.4 is 9.46 Å². The molecule has 1 atom stereocenters. The molecule has 1 N–H and O–H groups in total. The first-order valence-corrected chi connectivity index (χ1v) is 15.4. The number of ether oxygens (including phenoxy) is 1. The molecule has 0 spiro atoms. The summed E-state index contributed by atoms with van der Waals surface area (Å²) in [7, 11) is -2.49. The fourth-order valence-corrected chi connectivity index (χ4v) is 6.44. The zero-order valence-electron chi connectivity index (χ0n) is 22.5. The smallest absolute Gasteiger partial charge is 0.269 e. The van der Waals surface area contributed by atoms with Gasteiger partial charge in [0, 0.05) is 23.6 Å². The quantitative estimate of drug-likeness (QED) is 0.109. The van der Waals surface area contributed by atoms with E-state index >= 15 is 0 Å². The van der Waals surface area contributed by atoms with E-state index in [4.69, 9.17) is 4.74 Å². The number of thioether (sulfide) groups is 1. The van der Waals surface area contributed by atoms with Crippen molar-refractivity contribution in [2.75, 3.05) is 7.11 Å². The molecule has 1 heterocycles. The third-order valence-electron chi connectivity index (χ3n) is 6.45. The monoisotopic (exact) mass is 601 g/mol. The van der Waals surface area contributed by atoms with Crippen molar-refractivity contribution in [3.63, 3.8) is 0 Å². The Morgan fingerprint density at radius 3 is 2.10 bits per heavy atom. The summed E-state index contributed by atoms with van der Waals surface area (Å²) in [5.41, 5.74) is 2.46. The lowest BCUT2D eigenvalue weighted by molar-refractivity contribution is -0.384. The van der Waals surface area contributed by atoms with E-state index in [1.165, 1.54) is 43.1 Å². The minimum atomic E-state index is -4.00. The van der Waals surface area contributed by atoms with Gasteiger partial charge in [-0.25, -0.2) is 13.1 Å². The molecule has 0 radical (unpaired) electrons. The molecule has 1 unspecified atom stereocenters. The lowest BCUT2D eigenvalue weighted by Crippen LogP contribution is -2.32. The molecule has 0 aliphatic rings. The normalized spacial score (nSPS) is 12.1. The number of sulfonamides is 1. The molecule has 42 heavy (non-hydrogen) atoms. The highest BCUT2D eigenvalue weighted by atomic mass is 32.2. The van der Waals surface area contributed by atoms with E-state index in [0.717, 1.165) is 11.1 Å². The number of methoxy groups -OCH3 is 1. The second kappa shape index (κ2) is 13.0. The van der Waals surface area contributed by atoms with Crippen LogP contribution in [0.25, 0.3) is 5.69 Å². The Morgan fingerprint density at radius 1 is 0.881 bits per heavy atom. The van der Waals surface area contributed by atoms with E-state index in [-0.39, 0.29) is 17.0 Å². The van der Waals surface area contributed by atoms with Gasteiger partial charge >= 0.3 is 0 Å². The molecule has 0 aliphatic carbocycles. The Balaban J connectivity index is 1.58. The Morgan fingerprint density at radius 2 is 1.50 bits per heavy atom. The Bertz CT molecular complexity index is 1750. The largest absolute Gasteiger partial charge is 0.497 e. The number of hydrogen-bond donors (Lipinski definition) is 1. The fourth-order valence-electron chi connectivity index (χ4n) is 4.33. The van der Waals surface area contributed by atoms with Crippen molar-refractivity contribution in [3.8, 4) is 11.4 Å². The van der Waals surface area contributed by atoms with Crippen molar-refractivity contribution in [3.05, 3.63) is 136 Å². The molecule has 1 aromatic heterocycles. The molecule has 0 amide bonds. The van der Waals surface area contributed by atoms with E-state index < -0.39 is 21.0 Å². The summed E-state index contributed by atoms with van der Waals surface area (Å²) in [5, 5.41) is 20.8. The zero-order chi connectivity index (χ0) is 29.5. The SMILES string of the molecule is COc1ccc(S(=O)(=O)NC(Cc2ccccc2)c2nnc(SCc3ccccc3)n2-c2ccc([N+](=O)[O-])cc2)cc1. The number of non-ortho nitro benzene ring substituents is 1. The number of hydrogen-bond acceptors (Lipinski definition) is 8. The van der Waals surface area contributed by atoms with E-state index in [1.54, 1.807) is 28.8 Å². The van der Waals surface area contributed by atoms with Gasteiger partial charge in [0.15, 0.2) is 11.0 Å². The van der Waals surface area contributed by atoms with Crippen LogP contribution in [0.3, 0.4) is 0 Å². The van der Waals surface area contributed by atoms with Crippen LogP contribution in [-0.4, -0.2) is 35.2 Å². The molecule has 0 saturated heterocycles. The molecular weight excluding hydrogens is 574 g/mol. The molecule has 5 aromatic rings. The summed E-state index contributed by atoms with van der Waals surface area (Å²) >= 11 is 1.43. The van der Waals surface area contributed by atoms with Crippen LogP contribution in [0, 0.1) is 10.1 Å². The van der Waals surface area contributed by atoms with Gasteiger partial charge in [-0.3, -0.25) is 14.7 Å². The number of benzene rings is 4. The third kappa shape index (κ3) is 6.85. The Labute approximate surface area is 247 Å². The van der Waals surface area contributed by atoms with Crippen molar-refractivity contribution in [1.29, 1.82) is 0 Å². The van der Waals surface area contributed by atoms with Crippen LogP contribution in [0.4, 0.5) is 5.69 Å². The standard InChI is InChI=1S/C30H27N5O5S2/c1-40-26-16-18-27(19-17-26)42(38,39)33-28(20-22-8-4-2-5-9-22)29-31-32-30(41-21-23-10-6-3-7-11-23)34(29)24-12-14-25(15-13-24)35(36)37/h2-19,28,33H,20-21H2,1H3. The second-order valence-electron chi connectivity index (χ2n) is 9.26. The summed E-state index contributed by atoms with van der Waals surface area (Å²) in [6.07, 6.45) is 0.282. The van der Waals surface area contributed by atoms with Crippen LogP contribution in [0.1, 0.15) is 23.0 Å². The molecule has 4 aromatic carbocycles. The van der Waals surface area contributed by atoms with Gasteiger partial charge in [-0.15, -0.1) is 10.2 Å². The molecule has 0 fully saturated rings. The molecule has 10 nitrogen and oxygen atoms in total. The van der Waals surface area contributed by atoms with E-state index in [9.17, 15) is 18.5 Å². The summed E-state index contributed by atoms with van der Waals surface area (Å²) < 4.78 is 37.0. The highest BCUT2D eigenvalue weighted by Crippen LogP contribution is 2.31. The number of rotatable bonds is 12. The lowest BCUT2D eigenvalue weighted by atomic mass is 10.1. The van der Waals surface area contributed by atoms with Gasteiger partial charge in [0.05, 0.1) is 23.0 Å². The third-order valence-corrected chi connectivity index (χ3v) is 8.94. The van der Waals surface area contributed by atoms with Crippen molar-refractivity contribution < 1.29 is 18.1 Å². The van der Waals surface area contributed by atoms with Gasteiger partial charge in [0.2, 0.25) is 10.0 Å². The highest BCUT2D eigenvalue weighted by molar-refractivity contribution is 7.98. The van der Waals surface area contributed by atoms with Gasteiger partial charge in [0.1, 0.15) is 5.75 Å². The average Bonchev–Trinajstić information content (AvgIpc) is 3.44. The molecular formula is C30H27N5O5S2. The first kappa shape index (κ1) is 29.0. The van der Waals surface area contributed by atoms with Gasteiger partial charge in [-0.05, 0) is 53.9 Å². The van der Waals surface area contributed by atoms with E-state index in [2.05, 4.69) is 14.9 Å². The molecule has 5 rings (SSSR count). The number of nitrogens with zero attached hydrogens (tertiary/aromatic N) is 4. The van der Waals surface area contributed by atoms with E-state index in [0.29, 0.717) is 28.2 Å². The number of nitrogens with one attached hydrogen (secondary N) is 1. The van der Waals surface area contributed by atoms with Gasteiger partial charge < -0.3 is 4.74 Å². The predicted molar refractivity (Wildman–Crippen MR) is 160 cm³/mol. The molecule has 0 saturated carbocycles. The summed E-state index contributed by atoms with van der Waals surface area (Å²) in [6.45, 7) is 0. The van der Waals surface area contributed by atoms with Crippen LogP contribution >= 0.6 is 11.8 Å². The topological polar surface area (TPSA) is 129 Å². The first-order chi connectivity index (χ1) is 20.3. The zero-order valence-corrected chi connectivity index (χ0v) is 24.2. The summed E-state index contributed by atoms with van der Waals surface area (Å²) in [4.78, 5) is 10.9. The highest BCUT2D eigenvalue weighted by Gasteiger charge is 2.28. The van der Waals surface area contributed by atoms with Crippen LogP contribution in [0.2, 0.25) is 0 Å². The summed E-state index contributed by atoms with van der Waals surface area (Å²) in [6, 6.07) is 30.6. The maximum absolute atomic E-state index is 13.6. The first-order valence-electron chi connectivity index (χ1n) is 12.9. The lowest BCUT2D eigenvalue weighted by Gasteiger charge is -2.20. The maximum Gasteiger partial charge on any atom is 0.269 e. The number of aromatic nitrogens is 3. The van der Waals surface area contributed by atoms with Crippen molar-refractivity contribution in [2.45, 2.75) is 28.3 Å². The van der Waals surface area contributed by atoms with Crippen LogP contribution in [0.5, 0.6) is 5.75 Å². The molecule has 0 aliphatic heterocycles. The number of nitro groups is 1. The predicted octanol–water partition coefficient (Wildman–Crippen LogP) is 5.74. The second-order valence-corrected chi connectivity index (χ2v) is 11.9. The van der Waals surface area contributed by atoms with Crippen LogP contribution in [0.15, 0.2) is 119 Å². The fraction of sp³-hybridized carbons (Fsp3) is 0.133. The van der Waals surface area contributed by atoms with E-state index in [1.807, 2.05) is 60.7 Å².